The molecule has 7 heteroatoms. The lowest BCUT2D eigenvalue weighted by Crippen LogP contribution is -2.49. The van der Waals surface area contributed by atoms with Crippen molar-refractivity contribution in [3.8, 4) is 5.75 Å². The number of benzene rings is 1. The van der Waals surface area contributed by atoms with E-state index in [1.54, 1.807) is 7.05 Å². The third-order valence-electron chi connectivity index (χ3n) is 4.56. The Morgan fingerprint density at radius 3 is 2.73 bits per heavy atom. The lowest BCUT2D eigenvalue weighted by molar-refractivity contribution is -0.119. The second-order valence-electron chi connectivity index (χ2n) is 6.88. The topological polar surface area (TPSA) is 92.0 Å². The Morgan fingerprint density at radius 2 is 2.12 bits per heavy atom. The van der Waals surface area contributed by atoms with Crippen molar-refractivity contribution >= 4 is 11.9 Å². The van der Waals surface area contributed by atoms with E-state index in [-0.39, 0.29) is 6.61 Å². The van der Waals surface area contributed by atoms with E-state index in [1.807, 2.05) is 24.3 Å². The molecule has 4 N–H and O–H groups in total. The van der Waals surface area contributed by atoms with E-state index in [0.717, 1.165) is 37.5 Å². The molecule has 1 heterocycles. The number of amides is 1. The van der Waals surface area contributed by atoms with Crippen molar-refractivity contribution < 1.29 is 9.53 Å². The first-order valence-electron chi connectivity index (χ1n) is 9.19. The number of hydrogen-bond donors (Lipinski definition) is 3. The highest BCUT2D eigenvalue weighted by Crippen LogP contribution is 2.14. The van der Waals surface area contributed by atoms with Crippen LogP contribution in [0.2, 0.25) is 0 Å². The first kappa shape index (κ1) is 20.0. The molecule has 0 spiro atoms. The fourth-order valence-corrected chi connectivity index (χ4v) is 3.03. The van der Waals surface area contributed by atoms with Crippen molar-refractivity contribution in [1.82, 2.24) is 15.5 Å². The smallest absolute Gasteiger partial charge is 0.255 e. The second-order valence-corrected chi connectivity index (χ2v) is 6.88. The zero-order valence-corrected chi connectivity index (χ0v) is 16.0. The van der Waals surface area contributed by atoms with Crippen LogP contribution in [0.1, 0.15) is 32.3 Å². The first-order valence-corrected chi connectivity index (χ1v) is 9.19. The van der Waals surface area contributed by atoms with Gasteiger partial charge in [0.2, 0.25) is 0 Å². The molecule has 0 aromatic heterocycles. The average Bonchev–Trinajstić information content (AvgIpc) is 2.64. The van der Waals surface area contributed by atoms with Gasteiger partial charge >= 0.3 is 0 Å². The number of nitrogens with two attached hydrogens (primary N) is 1. The molecule has 0 aliphatic carbocycles. The molecular weight excluding hydrogens is 330 g/mol. The van der Waals surface area contributed by atoms with Gasteiger partial charge in [-0.05, 0) is 44.4 Å². The number of rotatable bonds is 7. The monoisotopic (exact) mass is 361 g/mol. The quantitative estimate of drug-likeness (QED) is 0.499. The summed E-state index contributed by atoms with van der Waals surface area (Å²) < 4.78 is 5.34. The SMILES string of the molecule is CN=C(NCc1cccc(OCC(N)=O)c1)NC1CCN(C(C)C)CC1. The molecule has 0 atom stereocenters. The van der Waals surface area contributed by atoms with Crippen LogP contribution in [0.5, 0.6) is 5.75 Å². The summed E-state index contributed by atoms with van der Waals surface area (Å²) in [7, 11) is 1.78. The molecule has 1 aliphatic rings. The summed E-state index contributed by atoms with van der Waals surface area (Å²) >= 11 is 0. The van der Waals surface area contributed by atoms with E-state index >= 15 is 0 Å². The van der Waals surface area contributed by atoms with Gasteiger partial charge in [0.15, 0.2) is 12.6 Å². The van der Waals surface area contributed by atoms with Gasteiger partial charge < -0.3 is 26.0 Å². The number of hydrogen-bond acceptors (Lipinski definition) is 4. The summed E-state index contributed by atoms with van der Waals surface area (Å²) in [4.78, 5) is 17.6. The number of piperidine rings is 1. The van der Waals surface area contributed by atoms with Crippen molar-refractivity contribution in [3.05, 3.63) is 29.8 Å². The molecule has 0 unspecified atom stereocenters. The molecule has 1 saturated heterocycles. The molecule has 144 valence electrons. The molecule has 2 rings (SSSR count). The number of nitrogens with one attached hydrogen (secondary N) is 2. The van der Waals surface area contributed by atoms with Crippen molar-refractivity contribution in [1.29, 1.82) is 0 Å². The molecule has 1 aliphatic heterocycles. The second kappa shape index (κ2) is 10.0. The number of ether oxygens (including phenoxy) is 1. The fraction of sp³-hybridized carbons (Fsp3) is 0.579. The van der Waals surface area contributed by atoms with E-state index in [0.29, 0.717) is 24.4 Å². The molecular formula is C19H31N5O2. The van der Waals surface area contributed by atoms with E-state index in [9.17, 15) is 4.79 Å². The summed E-state index contributed by atoms with van der Waals surface area (Å²) in [5.41, 5.74) is 6.15. The number of nitrogens with zero attached hydrogens (tertiary/aromatic N) is 2. The Bertz CT molecular complexity index is 610. The summed E-state index contributed by atoms with van der Waals surface area (Å²) in [6.45, 7) is 7.23. The Balaban J connectivity index is 1.80. The van der Waals surface area contributed by atoms with Crippen molar-refractivity contribution in [2.45, 2.75) is 45.3 Å². The van der Waals surface area contributed by atoms with Crippen molar-refractivity contribution in [2.24, 2.45) is 10.7 Å². The average molecular weight is 361 g/mol. The van der Waals surface area contributed by atoms with Gasteiger partial charge in [-0.25, -0.2) is 0 Å². The van der Waals surface area contributed by atoms with E-state index < -0.39 is 5.91 Å². The van der Waals surface area contributed by atoms with Crippen LogP contribution in [0.15, 0.2) is 29.3 Å². The minimum atomic E-state index is -0.485. The highest BCUT2D eigenvalue weighted by atomic mass is 16.5. The van der Waals surface area contributed by atoms with Crippen molar-refractivity contribution in [2.75, 3.05) is 26.7 Å². The van der Waals surface area contributed by atoms with Crippen LogP contribution in [0.25, 0.3) is 0 Å². The van der Waals surface area contributed by atoms with Gasteiger partial charge in [0.25, 0.3) is 5.91 Å². The Kier molecular flexibility index (Phi) is 7.72. The minimum absolute atomic E-state index is 0.116. The van der Waals surface area contributed by atoms with E-state index in [2.05, 4.69) is 34.4 Å². The summed E-state index contributed by atoms with van der Waals surface area (Å²) in [5, 5.41) is 6.85. The van der Waals surface area contributed by atoms with Gasteiger partial charge in [-0.15, -0.1) is 0 Å². The molecule has 1 fully saturated rings. The van der Waals surface area contributed by atoms with Gasteiger partial charge in [0.05, 0.1) is 0 Å². The number of aliphatic imine (C=N–C) groups is 1. The zero-order valence-electron chi connectivity index (χ0n) is 16.0. The van der Waals surface area contributed by atoms with Gasteiger partial charge in [-0.1, -0.05) is 12.1 Å². The van der Waals surface area contributed by atoms with Crippen molar-refractivity contribution in [3.63, 3.8) is 0 Å². The van der Waals surface area contributed by atoms with Crippen LogP contribution in [0.3, 0.4) is 0 Å². The molecule has 1 aromatic carbocycles. The van der Waals surface area contributed by atoms with Gasteiger partial charge in [0, 0.05) is 38.8 Å². The number of likely N-dealkylation sites (tertiary alicyclic amines) is 1. The lowest BCUT2D eigenvalue weighted by atomic mass is 10.0. The molecule has 1 aromatic rings. The summed E-state index contributed by atoms with van der Waals surface area (Å²) in [5.74, 6) is 0.949. The highest BCUT2D eigenvalue weighted by Gasteiger charge is 2.21. The maximum Gasteiger partial charge on any atom is 0.255 e. The van der Waals surface area contributed by atoms with E-state index in [1.165, 1.54) is 0 Å². The van der Waals surface area contributed by atoms with Crippen LogP contribution in [-0.4, -0.2) is 55.6 Å². The summed E-state index contributed by atoms with van der Waals surface area (Å²) in [6, 6.07) is 8.65. The largest absolute Gasteiger partial charge is 0.484 e. The Morgan fingerprint density at radius 1 is 1.38 bits per heavy atom. The maximum absolute atomic E-state index is 10.8. The van der Waals surface area contributed by atoms with E-state index in [4.69, 9.17) is 10.5 Å². The molecule has 0 saturated carbocycles. The minimum Gasteiger partial charge on any atom is -0.484 e. The third kappa shape index (κ3) is 6.55. The number of guanidine groups is 1. The fourth-order valence-electron chi connectivity index (χ4n) is 3.03. The molecule has 26 heavy (non-hydrogen) atoms. The maximum atomic E-state index is 10.8. The van der Waals surface area contributed by atoms with Gasteiger partial charge in [-0.2, -0.15) is 0 Å². The third-order valence-corrected chi connectivity index (χ3v) is 4.56. The summed E-state index contributed by atoms with van der Waals surface area (Å²) in [6.07, 6.45) is 2.24. The molecule has 1 amide bonds. The Hall–Kier alpha value is -2.28. The standard InChI is InChI=1S/C19H31N5O2/c1-14(2)24-9-7-16(8-10-24)23-19(21-3)22-12-15-5-4-6-17(11-15)26-13-18(20)25/h4-6,11,14,16H,7-10,12-13H2,1-3H3,(H2,20,25)(H2,21,22,23). The van der Waals surface area contributed by atoms with Crippen LogP contribution in [-0.2, 0) is 11.3 Å². The first-order chi connectivity index (χ1) is 12.5. The predicted octanol–water partition coefficient (Wildman–Crippen LogP) is 1.09. The molecule has 0 radical (unpaired) electrons. The van der Waals surface area contributed by atoms with Crippen LogP contribution >= 0.6 is 0 Å². The number of carbonyl (C=O) groups is 1. The zero-order chi connectivity index (χ0) is 18.9. The lowest BCUT2D eigenvalue weighted by Gasteiger charge is -2.35. The van der Waals surface area contributed by atoms with Gasteiger partial charge in [-0.3, -0.25) is 9.79 Å². The Labute approximate surface area is 156 Å². The van der Waals surface area contributed by atoms with Gasteiger partial charge in [0.1, 0.15) is 5.75 Å². The number of primary amides is 1. The predicted molar refractivity (Wildman–Crippen MR) is 104 cm³/mol. The van der Waals surface area contributed by atoms with Crippen LogP contribution < -0.4 is 21.1 Å². The van der Waals surface area contributed by atoms with Crippen LogP contribution in [0, 0.1) is 0 Å². The normalized spacial score (nSPS) is 16.5. The molecule has 7 nitrogen and oxygen atoms in total. The van der Waals surface area contributed by atoms with Crippen LogP contribution in [0.4, 0.5) is 0 Å². The molecule has 0 bridgehead atoms. The number of carbonyl (C=O) groups excluding carboxylic acids is 1. The highest BCUT2D eigenvalue weighted by molar-refractivity contribution is 5.80.